The molecule has 0 N–H and O–H groups in total. The molecule has 0 radical (unpaired) electrons. The molecule has 0 unspecified atom stereocenters. The fourth-order valence-electron chi connectivity index (χ4n) is 2.39. The maximum Gasteiger partial charge on any atom is 0.227 e. The largest absolute Gasteiger partial charge is 0.375 e. The van der Waals surface area contributed by atoms with Crippen molar-refractivity contribution in [2.45, 2.75) is 25.9 Å². The summed E-state index contributed by atoms with van der Waals surface area (Å²) in [5.41, 5.74) is 0.797. The zero-order valence-electron chi connectivity index (χ0n) is 12.4. The lowest BCUT2D eigenvalue weighted by atomic mass is 10.2. The molecule has 0 saturated carbocycles. The van der Waals surface area contributed by atoms with Crippen molar-refractivity contribution in [3.63, 3.8) is 0 Å². The second-order valence-corrected chi connectivity index (χ2v) is 5.27. The van der Waals surface area contributed by atoms with Crippen molar-refractivity contribution in [2.24, 2.45) is 0 Å². The molecule has 2 aromatic heterocycles. The maximum absolute atomic E-state index is 12.2. The van der Waals surface area contributed by atoms with E-state index in [2.05, 4.69) is 15.1 Å². The highest BCUT2D eigenvalue weighted by Gasteiger charge is 2.21. The standard InChI is InChI=1S/C15H18N4O3/c1-11-10-19(7-8-21-11)14(20)5-4-13-17-15(18-22-13)12-3-2-6-16-9-12/h2-3,6,9,11H,4-5,7-8,10H2,1H3/t11-/m0/s1. The monoisotopic (exact) mass is 302 g/mol. The minimum absolute atomic E-state index is 0.0938. The zero-order chi connectivity index (χ0) is 15.4. The van der Waals surface area contributed by atoms with Crippen LogP contribution >= 0.6 is 0 Å². The summed E-state index contributed by atoms with van der Waals surface area (Å²) in [5, 5.41) is 3.92. The molecular formula is C15H18N4O3. The van der Waals surface area contributed by atoms with Crippen LogP contribution < -0.4 is 0 Å². The van der Waals surface area contributed by atoms with Gasteiger partial charge in [0, 0.05) is 43.9 Å². The quantitative estimate of drug-likeness (QED) is 0.847. The topological polar surface area (TPSA) is 81.4 Å². The van der Waals surface area contributed by atoms with E-state index in [9.17, 15) is 4.79 Å². The number of hydrogen-bond acceptors (Lipinski definition) is 6. The molecule has 1 aliphatic rings. The summed E-state index contributed by atoms with van der Waals surface area (Å²) in [5.74, 6) is 1.06. The minimum atomic E-state index is 0.0938. The van der Waals surface area contributed by atoms with Gasteiger partial charge >= 0.3 is 0 Å². The van der Waals surface area contributed by atoms with Gasteiger partial charge in [-0.2, -0.15) is 4.98 Å². The molecule has 2 aromatic rings. The van der Waals surface area contributed by atoms with Crippen LogP contribution in [0.5, 0.6) is 0 Å². The molecule has 0 aliphatic carbocycles. The van der Waals surface area contributed by atoms with Gasteiger partial charge in [0.2, 0.25) is 17.6 Å². The Bertz CT molecular complexity index is 629. The highest BCUT2D eigenvalue weighted by molar-refractivity contribution is 5.76. The highest BCUT2D eigenvalue weighted by atomic mass is 16.5. The maximum atomic E-state index is 12.2. The Kier molecular flexibility index (Phi) is 4.43. The van der Waals surface area contributed by atoms with Crippen molar-refractivity contribution in [3.05, 3.63) is 30.4 Å². The Morgan fingerprint density at radius 1 is 1.50 bits per heavy atom. The number of hydrogen-bond donors (Lipinski definition) is 0. The van der Waals surface area contributed by atoms with Gasteiger partial charge in [-0.3, -0.25) is 9.78 Å². The third-order valence-corrected chi connectivity index (χ3v) is 3.53. The fraction of sp³-hybridized carbons (Fsp3) is 0.467. The number of aromatic nitrogens is 3. The van der Waals surface area contributed by atoms with Crippen molar-refractivity contribution in [3.8, 4) is 11.4 Å². The van der Waals surface area contributed by atoms with Crippen LogP contribution in [0.3, 0.4) is 0 Å². The molecule has 1 fully saturated rings. The van der Waals surface area contributed by atoms with Gasteiger partial charge in [0.1, 0.15) is 0 Å². The van der Waals surface area contributed by atoms with Crippen molar-refractivity contribution < 1.29 is 14.1 Å². The average Bonchev–Trinajstić information content (AvgIpc) is 3.02. The van der Waals surface area contributed by atoms with Crippen molar-refractivity contribution >= 4 is 5.91 Å². The van der Waals surface area contributed by atoms with E-state index in [1.807, 2.05) is 24.0 Å². The van der Waals surface area contributed by atoms with Gasteiger partial charge in [0.05, 0.1) is 12.7 Å². The molecule has 22 heavy (non-hydrogen) atoms. The Morgan fingerprint density at radius 2 is 2.41 bits per heavy atom. The van der Waals surface area contributed by atoms with Crippen LogP contribution in [-0.4, -0.2) is 51.7 Å². The molecule has 3 heterocycles. The Hall–Kier alpha value is -2.28. The summed E-state index contributed by atoms with van der Waals surface area (Å²) in [4.78, 5) is 22.3. The summed E-state index contributed by atoms with van der Waals surface area (Å²) in [7, 11) is 0. The Labute approximate surface area is 128 Å². The lowest BCUT2D eigenvalue weighted by molar-refractivity contribution is -0.138. The third-order valence-electron chi connectivity index (χ3n) is 3.53. The highest BCUT2D eigenvalue weighted by Crippen LogP contribution is 2.15. The number of amides is 1. The molecule has 116 valence electrons. The van der Waals surface area contributed by atoms with E-state index in [4.69, 9.17) is 9.26 Å². The summed E-state index contributed by atoms with van der Waals surface area (Å²) in [6, 6.07) is 3.68. The van der Waals surface area contributed by atoms with Gasteiger partial charge in [-0.05, 0) is 19.1 Å². The molecule has 3 rings (SSSR count). The summed E-state index contributed by atoms with van der Waals surface area (Å²) >= 11 is 0. The molecule has 1 aliphatic heterocycles. The Balaban J connectivity index is 1.56. The van der Waals surface area contributed by atoms with Gasteiger partial charge in [-0.25, -0.2) is 0 Å². The molecule has 1 saturated heterocycles. The molecule has 0 aromatic carbocycles. The second kappa shape index (κ2) is 6.65. The first-order valence-electron chi connectivity index (χ1n) is 7.35. The second-order valence-electron chi connectivity index (χ2n) is 5.27. The van der Waals surface area contributed by atoms with E-state index in [0.717, 1.165) is 5.56 Å². The number of nitrogens with zero attached hydrogens (tertiary/aromatic N) is 4. The number of pyridine rings is 1. The summed E-state index contributed by atoms with van der Waals surface area (Å²) in [6.07, 6.45) is 4.26. The predicted octanol–water partition coefficient (Wildman–Crippen LogP) is 1.31. The molecule has 7 heteroatoms. The van der Waals surface area contributed by atoms with E-state index in [1.54, 1.807) is 12.4 Å². The lowest BCUT2D eigenvalue weighted by Crippen LogP contribution is -2.44. The first kappa shape index (κ1) is 14.6. The average molecular weight is 302 g/mol. The number of ether oxygens (including phenoxy) is 1. The van der Waals surface area contributed by atoms with Crippen LogP contribution in [0.15, 0.2) is 29.0 Å². The molecule has 0 bridgehead atoms. The SMILES string of the molecule is C[C@H]1CN(C(=O)CCc2nc(-c3cccnc3)no2)CCO1. The van der Waals surface area contributed by atoms with Gasteiger partial charge < -0.3 is 14.2 Å². The van der Waals surface area contributed by atoms with Gasteiger partial charge in [-0.15, -0.1) is 0 Å². The van der Waals surface area contributed by atoms with E-state index in [-0.39, 0.29) is 12.0 Å². The minimum Gasteiger partial charge on any atom is -0.375 e. The molecular weight excluding hydrogens is 284 g/mol. The normalized spacial score (nSPS) is 18.4. The Morgan fingerprint density at radius 3 is 3.18 bits per heavy atom. The van der Waals surface area contributed by atoms with E-state index in [1.165, 1.54) is 0 Å². The fourth-order valence-corrected chi connectivity index (χ4v) is 2.39. The van der Waals surface area contributed by atoms with E-state index in [0.29, 0.717) is 44.3 Å². The molecule has 1 atom stereocenters. The number of rotatable bonds is 4. The van der Waals surface area contributed by atoms with Crippen molar-refractivity contribution in [2.75, 3.05) is 19.7 Å². The van der Waals surface area contributed by atoms with Crippen LogP contribution in [0.4, 0.5) is 0 Å². The molecule has 1 amide bonds. The van der Waals surface area contributed by atoms with E-state index >= 15 is 0 Å². The van der Waals surface area contributed by atoms with Crippen molar-refractivity contribution in [1.29, 1.82) is 0 Å². The number of carbonyl (C=O) groups excluding carboxylic acids is 1. The number of morpholine rings is 1. The first-order chi connectivity index (χ1) is 10.7. The van der Waals surface area contributed by atoms with Crippen molar-refractivity contribution in [1.82, 2.24) is 20.0 Å². The summed E-state index contributed by atoms with van der Waals surface area (Å²) in [6.45, 7) is 3.85. The van der Waals surface area contributed by atoms with Crippen LogP contribution in [0.1, 0.15) is 19.2 Å². The third kappa shape index (κ3) is 3.48. The smallest absolute Gasteiger partial charge is 0.227 e. The van der Waals surface area contributed by atoms with Gasteiger partial charge in [0.25, 0.3) is 0 Å². The predicted molar refractivity (Wildman–Crippen MR) is 77.8 cm³/mol. The molecule has 0 spiro atoms. The van der Waals surface area contributed by atoms with Gasteiger partial charge in [-0.1, -0.05) is 5.16 Å². The van der Waals surface area contributed by atoms with Crippen LogP contribution in [0.25, 0.3) is 11.4 Å². The van der Waals surface area contributed by atoms with Gasteiger partial charge in [0.15, 0.2) is 0 Å². The van der Waals surface area contributed by atoms with Crippen LogP contribution in [-0.2, 0) is 16.0 Å². The first-order valence-corrected chi connectivity index (χ1v) is 7.35. The summed E-state index contributed by atoms with van der Waals surface area (Å²) < 4.78 is 10.6. The number of carbonyl (C=O) groups is 1. The van der Waals surface area contributed by atoms with Crippen LogP contribution in [0, 0.1) is 0 Å². The lowest BCUT2D eigenvalue weighted by Gasteiger charge is -2.31. The van der Waals surface area contributed by atoms with E-state index < -0.39 is 0 Å². The number of aryl methyl sites for hydroxylation is 1. The molecule has 7 nitrogen and oxygen atoms in total. The zero-order valence-corrected chi connectivity index (χ0v) is 12.4. The van der Waals surface area contributed by atoms with Crippen LogP contribution in [0.2, 0.25) is 0 Å².